The van der Waals surface area contributed by atoms with Gasteiger partial charge in [-0.1, -0.05) is 23.2 Å². The minimum absolute atomic E-state index is 0.115. The monoisotopic (exact) mass is 370 g/mol. The zero-order valence-electron chi connectivity index (χ0n) is 12.5. The summed E-state index contributed by atoms with van der Waals surface area (Å²) in [4.78, 5) is 14.7. The SMILES string of the molecule is CN1CCC(Oc2ccc(C(N)=O)cc2Cl)c2cc(Cl)sc2C1. The van der Waals surface area contributed by atoms with Gasteiger partial charge in [0.2, 0.25) is 5.91 Å². The first-order chi connectivity index (χ1) is 10.9. The zero-order valence-corrected chi connectivity index (χ0v) is 14.8. The molecule has 0 radical (unpaired) electrons. The van der Waals surface area contributed by atoms with Crippen LogP contribution in [0.1, 0.15) is 33.3 Å². The quantitative estimate of drug-likeness (QED) is 0.884. The average molecular weight is 371 g/mol. The molecule has 3 rings (SSSR count). The Morgan fingerprint density at radius 2 is 2.17 bits per heavy atom. The smallest absolute Gasteiger partial charge is 0.248 e. The van der Waals surface area contributed by atoms with Crippen molar-refractivity contribution in [3.8, 4) is 5.75 Å². The van der Waals surface area contributed by atoms with Crippen LogP contribution >= 0.6 is 34.5 Å². The van der Waals surface area contributed by atoms with Gasteiger partial charge in [0.25, 0.3) is 0 Å². The molecule has 1 aromatic heterocycles. The molecule has 1 aliphatic heterocycles. The van der Waals surface area contributed by atoms with E-state index in [0.29, 0.717) is 16.3 Å². The van der Waals surface area contributed by atoms with Crippen LogP contribution in [0, 0.1) is 0 Å². The number of benzene rings is 1. The second-order valence-electron chi connectivity index (χ2n) is 5.57. The Hall–Kier alpha value is -1.27. The molecule has 7 heteroatoms. The highest BCUT2D eigenvalue weighted by molar-refractivity contribution is 7.16. The Kier molecular flexibility index (Phi) is 4.82. The molecular formula is C16H16Cl2N2O2S. The van der Waals surface area contributed by atoms with Crippen molar-refractivity contribution < 1.29 is 9.53 Å². The Bertz CT molecular complexity index is 748. The summed E-state index contributed by atoms with van der Waals surface area (Å²) in [6, 6.07) is 6.80. The number of nitrogens with zero attached hydrogens (tertiary/aromatic N) is 1. The van der Waals surface area contributed by atoms with Gasteiger partial charge in [-0.25, -0.2) is 0 Å². The Morgan fingerprint density at radius 1 is 1.39 bits per heavy atom. The van der Waals surface area contributed by atoms with Gasteiger partial charge >= 0.3 is 0 Å². The molecule has 1 atom stereocenters. The lowest BCUT2D eigenvalue weighted by atomic mass is 10.1. The van der Waals surface area contributed by atoms with Gasteiger partial charge in [0.15, 0.2) is 0 Å². The van der Waals surface area contributed by atoms with Crippen molar-refractivity contribution in [1.82, 2.24) is 4.90 Å². The summed E-state index contributed by atoms with van der Waals surface area (Å²) in [6.45, 7) is 1.78. The number of carbonyl (C=O) groups is 1. The lowest BCUT2D eigenvalue weighted by molar-refractivity contribution is 0.1000. The van der Waals surface area contributed by atoms with Crippen LogP contribution in [-0.4, -0.2) is 24.4 Å². The van der Waals surface area contributed by atoms with E-state index in [1.165, 1.54) is 10.9 Å². The van der Waals surface area contributed by atoms with E-state index in [1.54, 1.807) is 23.5 Å². The van der Waals surface area contributed by atoms with Crippen molar-refractivity contribution in [3.63, 3.8) is 0 Å². The van der Waals surface area contributed by atoms with Crippen LogP contribution in [0.15, 0.2) is 24.3 Å². The molecule has 1 aromatic carbocycles. The molecule has 23 heavy (non-hydrogen) atoms. The average Bonchev–Trinajstić information content (AvgIpc) is 2.78. The standard InChI is InChI=1S/C16H16Cl2N2O2S/c1-20-5-4-12(10-7-15(18)23-14(10)8-20)22-13-3-2-9(16(19)21)6-11(13)17/h2-3,6-7,12H,4-5,8H2,1H3,(H2,19,21). The summed E-state index contributed by atoms with van der Waals surface area (Å²) < 4.78 is 6.88. The normalized spacial score (nSPS) is 18.3. The van der Waals surface area contributed by atoms with Gasteiger partial charge < -0.3 is 15.4 Å². The third-order valence-corrected chi connectivity index (χ3v) is 5.39. The molecule has 122 valence electrons. The van der Waals surface area contributed by atoms with E-state index >= 15 is 0 Å². The predicted octanol–water partition coefficient (Wildman–Crippen LogP) is 4.11. The highest BCUT2D eigenvalue weighted by Crippen LogP contribution is 2.39. The molecular weight excluding hydrogens is 355 g/mol. The Morgan fingerprint density at radius 3 is 2.87 bits per heavy atom. The number of halogens is 2. The van der Waals surface area contributed by atoms with Crippen LogP contribution in [0.2, 0.25) is 9.36 Å². The molecule has 0 fully saturated rings. The number of thiophene rings is 1. The molecule has 2 aromatic rings. The minimum Gasteiger partial charge on any atom is -0.484 e. The predicted molar refractivity (Wildman–Crippen MR) is 93.6 cm³/mol. The maximum Gasteiger partial charge on any atom is 0.248 e. The van der Waals surface area contributed by atoms with Gasteiger partial charge in [-0.15, -0.1) is 11.3 Å². The molecule has 1 aliphatic rings. The van der Waals surface area contributed by atoms with E-state index in [4.69, 9.17) is 33.7 Å². The Balaban J connectivity index is 1.89. The van der Waals surface area contributed by atoms with Crippen LogP contribution < -0.4 is 10.5 Å². The van der Waals surface area contributed by atoms with Gasteiger partial charge in [-0.2, -0.15) is 0 Å². The number of amides is 1. The van der Waals surface area contributed by atoms with E-state index in [0.717, 1.165) is 29.4 Å². The van der Waals surface area contributed by atoms with Crippen LogP contribution in [0.4, 0.5) is 0 Å². The molecule has 4 nitrogen and oxygen atoms in total. The van der Waals surface area contributed by atoms with Crippen LogP contribution in [0.5, 0.6) is 5.75 Å². The third-order valence-electron chi connectivity index (χ3n) is 3.83. The number of rotatable bonds is 3. The fraction of sp³-hybridized carbons (Fsp3) is 0.312. The summed E-state index contributed by atoms with van der Waals surface area (Å²) in [6.07, 6.45) is 0.723. The molecule has 2 N–H and O–H groups in total. The molecule has 0 spiro atoms. The fourth-order valence-corrected chi connectivity index (χ4v) is 4.28. The topological polar surface area (TPSA) is 55.6 Å². The lowest BCUT2D eigenvalue weighted by Gasteiger charge is -2.19. The van der Waals surface area contributed by atoms with Crippen LogP contribution in [0.3, 0.4) is 0 Å². The first kappa shape index (κ1) is 16.6. The van der Waals surface area contributed by atoms with Gasteiger partial charge in [0.1, 0.15) is 11.9 Å². The number of hydrogen-bond donors (Lipinski definition) is 1. The molecule has 0 aliphatic carbocycles. The lowest BCUT2D eigenvalue weighted by Crippen LogP contribution is -2.18. The van der Waals surface area contributed by atoms with Crippen LogP contribution in [-0.2, 0) is 6.54 Å². The molecule has 0 saturated carbocycles. The summed E-state index contributed by atoms with van der Waals surface area (Å²) >= 11 is 14.0. The summed E-state index contributed by atoms with van der Waals surface area (Å²) in [5, 5.41) is 0.377. The third kappa shape index (κ3) is 3.63. The van der Waals surface area contributed by atoms with Crippen molar-refractivity contribution in [2.45, 2.75) is 19.1 Å². The van der Waals surface area contributed by atoms with Gasteiger partial charge in [0, 0.05) is 35.5 Å². The first-order valence-corrected chi connectivity index (χ1v) is 8.74. The van der Waals surface area contributed by atoms with Crippen molar-refractivity contribution in [1.29, 1.82) is 0 Å². The summed E-state index contributed by atoms with van der Waals surface area (Å²) in [5.41, 5.74) is 6.74. The summed E-state index contributed by atoms with van der Waals surface area (Å²) in [5.74, 6) is 0.0286. The van der Waals surface area contributed by atoms with Crippen molar-refractivity contribution >= 4 is 40.4 Å². The second kappa shape index (κ2) is 6.69. The highest BCUT2D eigenvalue weighted by atomic mass is 35.5. The maximum absolute atomic E-state index is 11.2. The summed E-state index contributed by atoms with van der Waals surface area (Å²) in [7, 11) is 2.08. The fourth-order valence-electron chi connectivity index (χ4n) is 2.65. The van der Waals surface area contributed by atoms with Crippen molar-refractivity contribution in [2.75, 3.05) is 13.6 Å². The van der Waals surface area contributed by atoms with E-state index in [-0.39, 0.29) is 6.10 Å². The second-order valence-corrected chi connectivity index (χ2v) is 7.75. The van der Waals surface area contributed by atoms with Gasteiger partial charge in [-0.3, -0.25) is 4.79 Å². The minimum atomic E-state index is -0.513. The van der Waals surface area contributed by atoms with Crippen LogP contribution in [0.25, 0.3) is 0 Å². The zero-order chi connectivity index (χ0) is 16.6. The largest absolute Gasteiger partial charge is 0.484 e. The van der Waals surface area contributed by atoms with Gasteiger partial charge in [-0.05, 0) is 31.3 Å². The first-order valence-electron chi connectivity index (χ1n) is 7.16. The Labute approximate surface area is 148 Å². The number of ether oxygens (including phenoxy) is 1. The molecule has 1 amide bonds. The number of hydrogen-bond acceptors (Lipinski definition) is 4. The number of nitrogens with two attached hydrogens (primary N) is 1. The molecule has 2 heterocycles. The van der Waals surface area contributed by atoms with Gasteiger partial charge in [0.05, 0.1) is 9.36 Å². The number of fused-ring (bicyclic) bond motifs is 1. The number of carbonyl (C=O) groups excluding carboxylic acids is 1. The molecule has 1 unspecified atom stereocenters. The molecule has 0 saturated heterocycles. The van der Waals surface area contributed by atoms with Crippen molar-refractivity contribution in [3.05, 3.63) is 49.6 Å². The maximum atomic E-state index is 11.2. The number of primary amides is 1. The van der Waals surface area contributed by atoms with E-state index in [1.807, 2.05) is 6.07 Å². The van der Waals surface area contributed by atoms with E-state index in [9.17, 15) is 4.79 Å². The van der Waals surface area contributed by atoms with E-state index in [2.05, 4.69) is 11.9 Å². The van der Waals surface area contributed by atoms with Crippen molar-refractivity contribution in [2.24, 2.45) is 5.73 Å². The highest BCUT2D eigenvalue weighted by Gasteiger charge is 2.25. The van der Waals surface area contributed by atoms with E-state index < -0.39 is 5.91 Å². The molecule has 0 bridgehead atoms.